The molecule has 1 atom stereocenters. The van der Waals surface area contributed by atoms with Gasteiger partial charge in [-0.3, -0.25) is 9.88 Å². The van der Waals surface area contributed by atoms with Crippen LogP contribution in [-0.4, -0.2) is 40.0 Å². The van der Waals surface area contributed by atoms with Crippen molar-refractivity contribution in [2.24, 2.45) is 5.92 Å². The molecule has 1 N–H and O–H groups in total. The van der Waals surface area contributed by atoms with Gasteiger partial charge in [-0.25, -0.2) is 9.97 Å². The van der Waals surface area contributed by atoms with Crippen molar-refractivity contribution in [1.82, 2.24) is 19.9 Å². The van der Waals surface area contributed by atoms with Crippen LogP contribution in [0.3, 0.4) is 0 Å². The molecule has 1 aliphatic rings. The van der Waals surface area contributed by atoms with Gasteiger partial charge in [-0.05, 0) is 51.6 Å². The third-order valence-corrected chi connectivity index (χ3v) is 5.53. The Hall–Kier alpha value is -1.53. The molecule has 0 spiro atoms. The van der Waals surface area contributed by atoms with Gasteiger partial charge in [0, 0.05) is 18.5 Å². The molecule has 0 radical (unpaired) electrons. The smallest absolute Gasteiger partial charge is 0.144 e. The van der Waals surface area contributed by atoms with E-state index in [1.807, 2.05) is 25.0 Å². The van der Waals surface area contributed by atoms with Gasteiger partial charge in [0.1, 0.15) is 5.82 Å². The highest BCUT2D eigenvalue weighted by atomic mass is 32.1. The molecule has 1 aliphatic heterocycles. The minimum absolute atomic E-state index is 0.720. The van der Waals surface area contributed by atoms with E-state index in [0.29, 0.717) is 0 Å². The summed E-state index contributed by atoms with van der Waals surface area (Å²) in [7, 11) is 1.87. The molecule has 3 rings (SSSR count). The molecule has 6 heteroatoms. The molecule has 1 unspecified atom stereocenters. The van der Waals surface area contributed by atoms with Crippen molar-refractivity contribution in [3.8, 4) is 0 Å². The van der Waals surface area contributed by atoms with Crippen LogP contribution in [0, 0.1) is 12.8 Å². The van der Waals surface area contributed by atoms with Crippen molar-refractivity contribution in [3.63, 3.8) is 0 Å². The second-order valence-electron chi connectivity index (χ2n) is 6.28. The number of hydrogen-bond donors (Lipinski definition) is 1. The Morgan fingerprint density at radius 2 is 2.13 bits per heavy atom. The van der Waals surface area contributed by atoms with Gasteiger partial charge in [0.25, 0.3) is 0 Å². The van der Waals surface area contributed by atoms with E-state index in [1.165, 1.54) is 42.9 Å². The van der Waals surface area contributed by atoms with Crippen LogP contribution in [-0.2, 0) is 13.0 Å². The molecule has 1 saturated heterocycles. The highest BCUT2D eigenvalue weighted by Crippen LogP contribution is 2.23. The average Bonchev–Trinajstić information content (AvgIpc) is 2.84. The minimum atomic E-state index is 0.720. The number of nitrogens with zero attached hydrogens (tertiary/aromatic N) is 4. The average molecular weight is 331 g/mol. The number of aryl methyl sites for hydroxylation is 1. The van der Waals surface area contributed by atoms with Crippen molar-refractivity contribution in [1.29, 1.82) is 0 Å². The fraction of sp³-hybridized carbons (Fsp3) is 0.588. The molecule has 2 aromatic rings. The topological polar surface area (TPSA) is 53.9 Å². The molecule has 0 aromatic carbocycles. The Kier molecular flexibility index (Phi) is 5.56. The first-order valence-electron chi connectivity index (χ1n) is 8.34. The van der Waals surface area contributed by atoms with E-state index >= 15 is 0 Å². The van der Waals surface area contributed by atoms with Gasteiger partial charge >= 0.3 is 0 Å². The van der Waals surface area contributed by atoms with E-state index < -0.39 is 0 Å². The normalized spacial score (nSPS) is 19.5. The fourth-order valence-corrected chi connectivity index (χ4v) is 3.97. The van der Waals surface area contributed by atoms with E-state index in [9.17, 15) is 0 Å². The fourth-order valence-electron chi connectivity index (χ4n) is 3.15. The zero-order valence-corrected chi connectivity index (χ0v) is 14.8. The van der Waals surface area contributed by atoms with Crippen LogP contribution >= 0.6 is 11.3 Å². The highest BCUT2D eigenvalue weighted by molar-refractivity contribution is 7.09. The summed E-state index contributed by atoms with van der Waals surface area (Å²) in [5.41, 5.74) is 4.26. The van der Waals surface area contributed by atoms with Crippen molar-refractivity contribution in [2.75, 3.05) is 25.5 Å². The van der Waals surface area contributed by atoms with Crippen LogP contribution in [0.1, 0.15) is 35.5 Å². The van der Waals surface area contributed by atoms with Crippen LogP contribution in [0.5, 0.6) is 0 Å². The molecule has 5 nitrogen and oxygen atoms in total. The summed E-state index contributed by atoms with van der Waals surface area (Å²) in [6.07, 6.45) is 8.58. The van der Waals surface area contributed by atoms with Gasteiger partial charge in [0.2, 0.25) is 0 Å². The predicted molar refractivity (Wildman–Crippen MR) is 94.8 cm³/mol. The molecule has 0 amide bonds. The summed E-state index contributed by atoms with van der Waals surface area (Å²) in [5, 5.41) is 3.01. The van der Waals surface area contributed by atoms with Crippen LogP contribution in [0.15, 0.2) is 17.9 Å². The molecule has 0 saturated carbocycles. The largest absolute Gasteiger partial charge is 0.372 e. The number of nitrogens with one attached hydrogen (secondary N) is 1. The third-order valence-electron chi connectivity index (χ3n) is 4.61. The zero-order valence-electron chi connectivity index (χ0n) is 14.0. The first kappa shape index (κ1) is 16.3. The van der Waals surface area contributed by atoms with Gasteiger partial charge in [0.05, 0.1) is 29.3 Å². The van der Waals surface area contributed by atoms with E-state index in [1.54, 1.807) is 11.3 Å². The highest BCUT2D eigenvalue weighted by Gasteiger charge is 2.19. The predicted octanol–water partition coefficient (Wildman–Crippen LogP) is 3.13. The molecule has 3 heterocycles. The maximum atomic E-state index is 4.52. The lowest BCUT2D eigenvalue weighted by atomic mass is 9.95. The summed E-state index contributed by atoms with van der Waals surface area (Å²) >= 11 is 1.78. The Morgan fingerprint density at radius 3 is 2.83 bits per heavy atom. The summed E-state index contributed by atoms with van der Waals surface area (Å²) in [4.78, 5) is 17.2. The monoisotopic (exact) mass is 331 g/mol. The first-order chi connectivity index (χ1) is 11.2. The number of hydrogen-bond acceptors (Lipinski definition) is 6. The van der Waals surface area contributed by atoms with Gasteiger partial charge in [-0.15, -0.1) is 11.3 Å². The van der Waals surface area contributed by atoms with Crippen LogP contribution < -0.4 is 5.32 Å². The third kappa shape index (κ3) is 4.48. The lowest BCUT2D eigenvalue weighted by Crippen LogP contribution is -2.24. The zero-order chi connectivity index (χ0) is 16.1. The van der Waals surface area contributed by atoms with E-state index in [2.05, 4.69) is 32.1 Å². The standard InChI is InChI=1S/C17H25N5S/c1-13-16(23-12-21-13)11-22-6-3-4-14(5-7-22)8-15-9-20-17(18-2)10-19-15/h9-10,12,14H,3-8,11H2,1-2H3,(H,18,20). The van der Waals surface area contributed by atoms with Crippen LogP contribution in [0.2, 0.25) is 0 Å². The Morgan fingerprint density at radius 1 is 1.22 bits per heavy atom. The molecular formula is C17H25N5S. The van der Waals surface area contributed by atoms with E-state index in [0.717, 1.165) is 30.4 Å². The first-order valence-corrected chi connectivity index (χ1v) is 9.22. The quantitative estimate of drug-likeness (QED) is 0.912. The molecule has 0 bridgehead atoms. The number of thiazole rings is 1. The molecular weight excluding hydrogens is 306 g/mol. The SMILES string of the molecule is CNc1cnc(CC2CCCN(Cc3scnc3C)CC2)cn1. The lowest BCUT2D eigenvalue weighted by Gasteiger charge is -2.19. The minimum Gasteiger partial charge on any atom is -0.372 e. The second-order valence-corrected chi connectivity index (χ2v) is 7.22. The molecule has 124 valence electrons. The number of likely N-dealkylation sites (tertiary alicyclic amines) is 1. The van der Waals surface area contributed by atoms with Gasteiger partial charge in [-0.1, -0.05) is 0 Å². The maximum absolute atomic E-state index is 4.52. The van der Waals surface area contributed by atoms with Gasteiger partial charge in [-0.2, -0.15) is 0 Å². The Bertz CT molecular complexity index is 610. The molecule has 0 aliphatic carbocycles. The van der Waals surface area contributed by atoms with Crippen LogP contribution in [0.4, 0.5) is 5.82 Å². The van der Waals surface area contributed by atoms with Crippen LogP contribution in [0.25, 0.3) is 0 Å². The summed E-state index contributed by atoms with van der Waals surface area (Å²) in [6, 6.07) is 0. The van der Waals surface area contributed by atoms with E-state index in [4.69, 9.17) is 0 Å². The summed E-state index contributed by atoms with van der Waals surface area (Å²) in [5.74, 6) is 1.55. The number of anilines is 1. The lowest BCUT2D eigenvalue weighted by molar-refractivity contribution is 0.274. The van der Waals surface area contributed by atoms with Crippen molar-refractivity contribution in [3.05, 3.63) is 34.2 Å². The molecule has 23 heavy (non-hydrogen) atoms. The van der Waals surface area contributed by atoms with Crippen molar-refractivity contribution >= 4 is 17.2 Å². The summed E-state index contributed by atoms with van der Waals surface area (Å²) in [6.45, 7) is 5.53. The number of rotatable bonds is 5. The van der Waals surface area contributed by atoms with E-state index in [-0.39, 0.29) is 0 Å². The Balaban J connectivity index is 1.52. The number of aromatic nitrogens is 3. The van der Waals surface area contributed by atoms with Crippen molar-refractivity contribution < 1.29 is 0 Å². The molecule has 2 aromatic heterocycles. The second kappa shape index (κ2) is 7.84. The van der Waals surface area contributed by atoms with Crippen molar-refractivity contribution in [2.45, 2.75) is 39.2 Å². The Labute approximate surface area is 142 Å². The maximum Gasteiger partial charge on any atom is 0.144 e. The van der Waals surface area contributed by atoms with Gasteiger partial charge < -0.3 is 5.32 Å². The summed E-state index contributed by atoms with van der Waals surface area (Å²) < 4.78 is 0. The van der Waals surface area contributed by atoms with Gasteiger partial charge in [0.15, 0.2) is 0 Å². The molecule has 1 fully saturated rings.